The zero-order chi connectivity index (χ0) is 8.10. The molecule has 0 amide bonds. The Kier molecular flexibility index (Phi) is 3.13. The molecular formula is C6H15N5. The lowest BCUT2D eigenvalue weighted by Crippen LogP contribution is -2.41. The van der Waals surface area contributed by atoms with Crippen LogP contribution < -0.4 is 22.4 Å². The van der Waals surface area contributed by atoms with Gasteiger partial charge < -0.3 is 16.6 Å². The summed E-state index contributed by atoms with van der Waals surface area (Å²) in [5.41, 5.74) is 2.52. The lowest BCUT2D eigenvalue weighted by Gasteiger charge is -2.22. The standard InChI is InChI=1S/C6H15N5/c7-10-6(11-8)5-1-3-9-4-2-5/h5,9H,1-4,7-8H2,(H,10,11). The highest BCUT2D eigenvalue weighted by Crippen LogP contribution is 2.11. The van der Waals surface area contributed by atoms with Crippen molar-refractivity contribution in [3.63, 3.8) is 0 Å². The molecule has 1 fully saturated rings. The highest BCUT2D eigenvalue weighted by Gasteiger charge is 2.17. The summed E-state index contributed by atoms with van der Waals surface area (Å²) < 4.78 is 0. The van der Waals surface area contributed by atoms with Gasteiger partial charge in [-0.2, -0.15) is 5.10 Å². The Labute approximate surface area is 66.2 Å². The third-order valence-electron chi connectivity index (χ3n) is 2.01. The number of hydrazone groups is 1. The predicted octanol–water partition coefficient (Wildman–Crippen LogP) is -1.28. The van der Waals surface area contributed by atoms with Crippen molar-refractivity contribution in [1.29, 1.82) is 0 Å². The fourth-order valence-electron chi connectivity index (χ4n) is 1.36. The number of amidine groups is 1. The van der Waals surface area contributed by atoms with Crippen LogP contribution in [0.2, 0.25) is 0 Å². The summed E-state index contributed by atoms with van der Waals surface area (Å²) >= 11 is 0. The molecule has 6 N–H and O–H groups in total. The summed E-state index contributed by atoms with van der Waals surface area (Å²) in [5, 5.41) is 6.84. The van der Waals surface area contributed by atoms with Crippen molar-refractivity contribution in [3.8, 4) is 0 Å². The van der Waals surface area contributed by atoms with E-state index in [0.29, 0.717) is 11.8 Å². The molecule has 1 aliphatic rings. The van der Waals surface area contributed by atoms with Gasteiger partial charge in [0.15, 0.2) is 0 Å². The van der Waals surface area contributed by atoms with Gasteiger partial charge >= 0.3 is 0 Å². The quantitative estimate of drug-likeness (QED) is 0.165. The second-order valence-electron chi connectivity index (χ2n) is 2.68. The van der Waals surface area contributed by atoms with E-state index in [-0.39, 0.29) is 0 Å². The van der Waals surface area contributed by atoms with Crippen molar-refractivity contribution in [3.05, 3.63) is 0 Å². The minimum absolute atomic E-state index is 0.409. The number of nitrogens with two attached hydrogens (primary N) is 2. The van der Waals surface area contributed by atoms with Crippen LogP contribution in [-0.2, 0) is 0 Å². The Bertz CT molecular complexity index is 138. The van der Waals surface area contributed by atoms with Gasteiger partial charge in [0.1, 0.15) is 5.84 Å². The zero-order valence-electron chi connectivity index (χ0n) is 6.51. The smallest absolute Gasteiger partial charge is 0.139 e. The van der Waals surface area contributed by atoms with E-state index >= 15 is 0 Å². The van der Waals surface area contributed by atoms with E-state index in [2.05, 4.69) is 15.8 Å². The second-order valence-corrected chi connectivity index (χ2v) is 2.68. The van der Waals surface area contributed by atoms with E-state index in [1.165, 1.54) is 0 Å². The Balaban J connectivity index is 2.43. The molecule has 0 atom stereocenters. The molecule has 1 saturated heterocycles. The SMILES string of the molecule is N/N=C(\NN)C1CCNCC1. The molecule has 64 valence electrons. The molecule has 5 heteroatoms. The second kappa shape index (κ2) is 4.15. The summed E-state index contributed by atoms with van der Waals surface area (Å²) in [5.74, 6) is 11.5. The summed E-state index contributed by atoms with van der Waals surface area (Å²) in [6, 6.07) is 0. The predicted molar refractivity (Wildman–Crippen MR) is 44.5 cm³/mol. The van der Waals surface area contributed by atoms with Crippen molar-refractivity contribution < 1.29 is 0 Å². The third kappa shape index (κ3) is 2.06. The number of hydrogen-bond donors (Lipinski definition) is 4. The number of rotatable bonds is 1. The molecule has 5 nitrogen and oxygen atoms in total. The molecule has 1 heterocycles. The van der Waals surface area contributed by atoms with Crippen molar-refractivity contribution >= 4 is 5.84 Å². The fraction of sp³-hybridized carbons (Fsp3) is 0.833. The van der Waals surface area contributed by atoms with Crippen molar-refractivity contribution in [2.24, 2.45) is 22.7 Å². The van der Waals surface area contributed by atoms with Gasteiger partial charge in [-0.3, -0.25) is 0 Å². The summed E-state index contributed by atoms with van der Waals surface area (Å²) in [4.78, 5) is 0. The van der Waals surface area contributed by atoms with Crippen molar-refractivity contribution in [2.45, 2.75) is 12.8 Å². The molecular weight excluding hydrogens is 142 g/mol. The molecule has 1 rings (SSSR count). The molecule has 1 aliphatic heterocycles. The lowest BCUT2D eigenvalue weighted by molar-refractivity contribution is 0.448. The third-order valence-corrected chi connectivity index (χ3v) is 2.01. The molecule has 0 radical (unpaired) electrons. The Morgan fingerprint density at radius 3 is 2.55 bits per heavy atom. The van der Waals surface area contributed by atoms with E-state index in [9.17, 15) is 0 Å². The monoisotopic (exact) mass is 157 g/mol. The van der Waals surface area contributed by atoms with Gasteiger partial charge in [-0.1, -0.05) is 0 Å². The molecule has 0 aromatic heterocycles. The van der Waals surface area contributed by atoms with E-state index in [0.717, 1.165) is 25.9 Å². The van der Waals surface area contributed by atoms with Crippen LogP contribution in [0.15, 0.2) is 5.10 Å². The van der Waals surface area contributed by atoms with Gasteiger partial charge in [-0.25, -0.2) is 5.84 Å². The molecule has 0 aliphatic carbocycles. The van der Waals surface area contributed by atoms with Crippen LogP contribution in [0.25, 0.3) is 0 Å². The molecule has 0 aromatic rings. The molecule has 0 aromatic carbocycles. The van der Waals surface area contributed by atoms with Gasteiger partial charge in [0.2, 0.25) is 0 Å². The summed E-state index contributed by atoms with van der Waals surface area (Å²) in [7, 11) is 0. The van der Waals surface area contributed by atoms with Crippen LogP contribution in [-0.4, -0.2) is 18.9 Å². The summed E-state index contributed by atoms with van der Waals surface area (Å²) in [6.45, 7) is 2.04. The average Bonchev–Trinajstić information content (AvgIpc) is 2.09. The first-order chi connectivity index (χ1) is 5.38. The van der Waals surface area contributed by atoms with Gasteiger partial charge in [0, 0.05) is 5.92 Å². The van der Waals surface area contributed by atoms with E-state index < -0.39 is 0 Å². The average molecular weight is 157 g/mol. The first-order valence-corrected chi connectivity index (χ1v) is 3.83. The van der Waals surface area contributed by atoms with Crippen molar-refractivity contribution in [1.82, 2.24) is 10.7 Å². The van der Waals surface area contributed by atoms with Gasteiger partial charge in [0.25, 0.3) is 0 Å². The summed E-state index contributed by atoms with van der Waals surface area (Å²) in [6.07, 6.45) is 2.11. The Morgan fingerprint density at radius 1 is 1.45 bits per heavy atom. The van der Waals surface area contributed by atoms with Crippen LogP contribution >= 0.6 is 0 Å². The van der Waals surface area contributed by atoms with E-state index in [4.69, 9.17) is 11.7 Å². The molecule has 0 spiro atoms. The first kappa shape index (κ1) is 8.29. The van der Waals surface area contributed by atoms with Crippen LogP contribution in [0.3, 0.4) is 0 Å². The highest BCUT2D eigenvalue weighted by atomic mass is 15.3. The maximum Gasteiger partial charge on any atom is 0.139 e. The Hall–Kier alpha value is -0.810. The van der Waals surface area contributed by atoms with E-state index in [1.54, 1.807) is 0 Å². The zero-order valence-corrected chi connectivity index (χ0v) is 6.51. The van der Waals surface area contributed by atoms with Crippen LogP contribution in [0.1, 0.15) is 12.8 Å². The molecule has 0 unspecified atom stereocenters. The van der Waals surface area contributed by atoms with Crippen LogP contribution in [0, 0.1) is 5.92 Å². The van der Waals surface area contributed by atoms with Gasteiger partial charge in [-0.15, -0.1) is 0 Å². The molecule has 0 bridgehead atoms. The highest BCUT2D eigenvalue weighted by molar-refractivity contribution is 5.83. The lowest BCUT2D eigenvalue weighted by atomic mass is 9.97. The molecule has 0 saturated carbocycles. The number of nitrogens with one attached hydrogen (secondary N) is 2. The maximum absolute atomic E-state index is 5.23. The number of nitrogens with zero attached hydrogens (tertiary/aromatic N) is 1. The normalized spacial score (nSPS) is 21.7. The van der Waals surface area contributed by atoms with Gasteiger partial charge in [0.05, 0.1) is 0 Å². The Morgan fingerprint density at radius 2 is 2.09 bits per heavy atom. The first-order valence-electron chi connectivity index (χ1n) is 3.83. The van der Waals surface area contributed by atoms with Crippen molar-refractivity contribution in [2.75, 3.05) is 13.1 Å². The van der Waals surface area contributed by atoms with Gasteiger partial charge in [-0.05, 0) is 25.9 Å². The number of hydrazine groups is 1. The minimum atomic E-state index is 0.409. The largest absolute Gasteiger partial charge is 0.322 e. The van der Waals surface area contributed by atoms with Crippen LogP contribution in [0.5, 0.6) is 0 Å². The van der Waals surface area contributed by atoms with E-state index in [1.807, 2.05) is 0 Å². The fourth-order valence-corrected chi connectivity index (χ4v) is 1.36. The topological polar surface area (TPSA) is 88.5 Å². The number of hydrogen-bond acceptors (Lipinski definition) is 4. The van der Waals surface area contributed by atoms with Crippen LogP contribution in [0.4, 0.5) is 0 Å². The maximum atomic E-state index is 5.23. The number of piperidine rings is 1. The minimum Gasteiger partial charge on any atom is -0.322 e. The molecule has 11 heavy (non-hydrogen) atoms.